The van der Waals surface area contributed by atoms with Crippen LogP contribution in [-0.2, 0) is 11.2 Å². The number of aromatic amines is 1. The fourth-order valence-electron chi connectivity index (χ4n) is 6.57. The van der Waals surface area contributed by atoms with E-state index in [9.17, 15) is 9.90 Å². The van der Waals surface area contributed by atoms with E-state index in [1.165, 1.54) is 7.11 Å². The smallest absolute Gasteiger partial charge is 0.255 e. The van der Waals surface area contributed by atoms with Gasteiger partial charge in [-0.05, 0) is 29.8 Å². The van der Waals surface area contributed by atoms with Crippen LogP contribution < -0.4 is 24.5 Å². The molecule has 2 N–H and O–H groups in total. The first-order chi connectivity index (χ1) is 20.8. The number of halogens is 1. The first-order valence-electron chi connectivity index (χ1n) is 13.6. The molecule has 5 aromatic rings. The number of aromatic nitrogens is 2. The van der Waals surface area contributed by atoms with Gasteiger partial charge in [-0.3, -0.25) is 4.79 Å². The summed E-state index contributed by atoms with van der Waals surface area (Å²) in [6.07, 6.45) is 0. The average molecular weight is 640 g/mol. The summed E-state index contributed by atoms with van der Waals surface area (Å²) in [7, 11) is 4.67. The van der Waals surface area contributed by atoms with E-state index in [1.54, 1.807) is 26.4 Å². The molecule has 1 aromatic heterocycles. The quantitative estimate of drug-likeness (QED) is 0.239. The van der Waals surface area contributed by atoms with Crippen molar-refractivity contribution < 1.29 is 24.1 Å². The van der Waals surface area contributed by atoms with Crippen molar-refractivity contribution >= 4 is 15.9 Å². The Kier molecular flexibility index (Phi) is 6.34. The molecule has 0 saturated heterocycles. The minimum Gasteiger partial charge on any atom is -0.497 e. The third-order valence-corrected chi connectivity index (χ3v) is 8.96. The molecule has 0 radical (unpaired) electrons. The summed E-state index contributed by atoms with van der Waals surface area (Å²) in [6.45, 7) is 0. The topological polar surface area (TPSA) is 103 Å². The van der Waals surface area contributed by atoms with Crippen LogP contribution in [0.25, 0.3) is 11.4 Å². The molecule has 0 bridgehead atoms. The lowest BCUT2D eigenvalue weighted by Crippen LogP contribution is -2.49. The molecule has 1 aliphatic heterocycles. The molecule has 7 rings (SSSR count). The van der Waals surface area contributed by atoms with Crippen molar-refractivity contribution in [1.29, 1.82) is 0 Å². The number of methoxy groups -OCH3 is 3. The highest BCUT2D eigenvalue weighted by atomic mass is 79.9. The van der Waals surface area contributed by atoms with Gasteiger partial charge in [0.2, 0.25) is 0 Å². The molecule has 0 fully saturated rings. The van der Waals surface area contributed by atoms with Gasteiger partial charge < -0.3 is 29.0 Å². The maximum Gasteiger partial charge on any atom is 0.255 e. The van der Waals surface area contributed by atoms with E-state index in [0.29, 0.717) is 51.1 Å². The Morgan fingerprint density at radius 2 is 1.58 bits per heavy atom. The molecule has 0 saturated carbocycles. The van der Waals surface area contributed by atoms with Crippen molar-refractivity contribution in [2.24, 2.45) is 0 Å². The number of ether oxygens (including phenoxy) is 4. The van der Waals surface area contributed by atoms with E-state index < -0.39 is 17.1 Å². The van der Waals surface area contributed by atoms with Crippen LogP contribution in [-0.4, -0.2) is 36.4 Å². The lowest BCUT2D eigenvalue weighted by atomic mass is 9.70. The van der Waals surface area contributed by atoms with Gasteiger partial charge >= 0.3 is 0 Å². The number of rotatable bonds is 6. The van der Waals surface area contributed by atoms with Gasteiger partial charge in [0.25, 0.3) is 5.56 Å². The van der Waals surface area contributed by atoms with Crippen LogP contribution in [0.4, 0.5) is 0 Å². The Bertz CT molecular complexity index is 1910. The van der Waals surface area contributed by atoms with Gasteiger partial charge in [0, 0.05) is 27.7 Å². The number of hydrogen-bond acceptors (Lipinski definition) is 7. The molecule has 0 spiro atoms. The number of fused-ring (bicyclic) bond motifs is 5. The number of benzene rings is 4. The van der Waals surface area contributed by atoms with Gasteiger partial charge in [0.15, 0.2) is 11.2 Å². The molecule has 4 aromatic carbocycles. The molecule has 0 unspecified atom stereocenters. The van der Waals surface area contributed by atoms with E-state index in [1.807, 2.05) is 78.9 Å². The standard InChI is InChI=1S/C34H27BrN2O6/c1-40-23-15-11-21(12-16-23)34-28(19-7-5-4-6-8-19)27-30(36-31(37-32(27)38)20-9-13-22(35)14-10-20)33(34,39)29-25(42-3)17-24(41-2)18-26(29)43-34/h4-18,28,39H,1-3H3,(H,36,37,38)/t28-,33+,34+/m1/s1. The Labute approximate surface area is 256 Å². The Morgan fingerprint density at radius 1 is 0.884 bits per heavy atom. The SMILES string of the molecule is COc1ccc([C@@]23Oc4cc(OC)cc(OC)c4[C@]2(O)c2nc(-c4ccc(Br)cc4)[nH]c(=O)c2[C@H]3c2ccccc2)cc1. The monoisotopic (exact) mass is 638 g/mol. The van der Waals surface area contributed by atoms with Gasteiger partial charge in [-0.1, -0.05) is 70.5 Å². The normalized spacial score (nSPS) is 21.4. The molecule has 43 heavy (non-hydrogen) atoms. The van der Waals surface area contributed by atoms with Crippen LogP contribution in [0.1, 0.15) is 33.9 Å². The van der Waals surface area contributed by atoms with Gasteiger partial charge in [-0.25, -0.2) is 4.98 Å². The first kappa shape index (κ1) is 27.2. The highest BCUT2D eigenvalue weighted by Crippen LogP contribution is 2.69. The number of hydrogen-bond donors (Lipinski definition) is 2. The van der Waals surface area contributed by atoms with Gasteiger partial charge in [0.05, 0.1) is 44.1 Å². The van der Waals surface area contributed by atoms with Crippen LogP contribution >= 0.6 is 15.9 Å². The summed E-state index contributed by atoms with van der Waals surface area (Å²) in [5, 5.41) is 13.4. The number of H-pyrrole nitrogens is 1. The lowest BCUT2D eigenvalue weighted by Gasteiger charge is -2.40. The number of nitrogens with one attached hydrogen (secondary N) is 1. The molecule has 0 amide bonds. The van der Waals surface area contributed by atoms with Crippen molar-refractivity contribution in [1.82, 2.24) is 9.97 Å². The zero-order chi connectivity index (χ0) is 29.9. The summed E-state index contributed by atoms with van der Waals surface area (Å²) >= 11 is 3.47. The van der Waals surface area contributed by atoms with Crippen LogP contribution in [0.15, 0.2) is 100 Å². The van der Waals surface area contributed by atoms with Gasteiger partial charge in [-0.15, -0.1) is 0 Å². The van der Waals surface area contributed by atoms with Crippen molar-refractivity contribution in [3.63, 3.8) is 0 Å². The third-order valence-electron chi connectivity index (χ3n) is 8.43. The van der Waals surface area contributed by atoms with E-state index in [0.717, 1.165) is 10.0 Å². The Balaban J connectivity index is 1.63. The molecule has 8 nitrogen and oxygen atoms in total. The fourth-order valence-corrected chi connectivity index (χ4v) is 6.83. The first-order valence-corrected chi connectivity index (χ1v) is 14.4. The molecule has 2 heterocycles. The minimum absolute atomic E-state index is 0.195. The largest absolute Gasteiger partial charge is 0.497 e. The minimum atomic E-state index is -1.96. The predicted octanol–water partition coefficient (Wildman–Crippen LogP) is 5.89. The van der Waals surface area contributed by atoms with E-state index in [-0.39, 0.29) is 11.3 Å². The zero-order valence-electron chi connectivity index (χ0n) is 23.6. The van der Waals surface area contributed by atoms with E-state index in [4.69, 9.17) is 23.9 Å². The lowest BCUT2D eigenvalue weighted by molar-refractivity contribution is -0.0909. The summed E-state index contributed by atoms with van der Waals surface area (Å²) in [4.78, 5) is 22.2. The summed E-state index contributed by atoms with van der Waals surface area (Å²) in [6, 6.07) is 27.8. The molecule has 2 aliphatic rings. The van der Waals surface area contributed by atoms with Crippen LogP contribution in [0.2, 0.25) is 0 Å². The Hall–Kier alpha value is -4.60. The highest BCUT2D eigenvalue weighted by molar-refractivity contribution is 9.10. The van der Waals surface area contributed by atoms with E-state index >= 15 is 0 Å². The second-order valence-electron chi connectivity index (χ2n) is 10.5. The fraction of sp³-hybridized carbons (Fsp3) is 0.176. The second-order valence-corrected chi connectivity index (χ2v) is 11.4. The summed E-state index contributed by atoms with van der Waals surface area (Å²) in [5.74, 6) is 1.41. The van der Waals surface area contributed by atoms with Crippen LogP contribution in [0, 0.1) is 0 Å². The van der Waals surface area contributed by atoms with Gasteiger partial charge in [0.1, 0.15) is 28.8 Å². The molecular formula is C34H27BrN2O6. The average Bonchev–Trinajstić information content (AvgIpc) is 3.44. The molecule has 3 atom stereocenters. The third kappa shape index (κ3) is 3.78. The number of nitrogens with zero attached hydrogens (tertiary/aromatic N) is 1. The van der Waals surface area contributed by atoms with Crippen LogP contribution in [0.5, 0.6) is 23.0 Å². The van der Waals surface area contributed by atoms with Gasteiger partial charge in [-0.2, -0.15) is 0 Å². The molecular weight excluding hydrogens is 612 g/mol. The number of aliphatic hydroxyl groups is 1. The summed E-state index contributed by atoms with van der Waals surface area (Å²) < 4.78 is 24.7. The van der Waals surface area contributed by atoms with Crippen molar-refractivity contribution in [2.45, 2.75) is 17.1 Å². The van der Waals surface area contributed by atoms with E-state index in [2.05, 4.69) is 20.9 Å². The summed E-state index contributed by atoms with van der Waals surface area (Å²) in [5.41, 5.74) is -0.911. The maximum atomic E-state index is 14.2. The Morgan fingerprint density at radius 3 is 2.23 bits per heavy atom. The zero-order valence-corrected chi connectivity index (χ0v) is 25.1. The molecule has 216 valence electrons. The molecule has 9 heteroatoms. The van der Waals surface area contributed by atoms with Crippen molar-refractivity contribution in [3.05, 3.63) is 134 Å². The highest BCUT2D eigenvalue weighted by Gasteiger charge is 2.73. The van der Waals surface area contributed by atoms with Crippen molar-refractivity contribution in [3.8, 4) is 34.4 Å². The molecule has 1 aliphatic carbocycles. The maximum absolute atomic E-state index is 14.2. The van der Waals surface area contributed by atoms with Crippen LogP contribution in [0.3, 0.4) is 0 Å². The second kappa shape index (κ2) is 10.00. The van der Waals surface area contributed by atoms with Crippen molar-refractivity contribution in [2.75, 3.05) is 21.3 Å². The predicted molar refractivity (Wildman–Crippen MR) is 164 cm³/mol.